The third-order valence-electron chi connectivity index (χ3n) is 2.72. The Bertz CT molecular complexity index is 309. The van der Waals surface area contributed by atoms with Gasteiger partial charge in [0, 0.05) is 30.0 Å². The first kappa shape index (κ1) is 10.4. The molecule has 0 radical (unpaired) electrons. The molecule has 0 amide bonds. The Labute approximate surface area is 92.9 Å². The summed E-state index contributed by atoms with van der Waals surface area (Å²) in [4.78, 5) is 1.25. The van der Waals surface area contributed by atoms with Gasteiger partial charge in [0.15, 0.2) is 0 Å². The number of rotatable bonds is 5. The van der Waals surface area contributed by atoms with Crippen LogP contribution in [0.5, 0.6) is 0 Å². The fraction of sp³-hybridized carbons (Fsp3) is 0.600. The summed E-state index contributed by atoms with van der Waals surface area (Å²) in [6, 6.07) is 3.96. The van der Waals surface area contributed by atoms with Crippen molar-refractivity contribution in [3.63, 3.8) is 0 Å². The molecule has 0 saturated heterocycles. The van der Waals surface area contributed by atoms with Gasteiger partial charge in [0.25, 0.3) is 0 Å². The number of halogens is 1. The Kier molecular flexibility index (Phi) is 3.12. The van der Waals surface area contributed by atoms with Crippen molar-refractivity contribution in [3.8, 4) is 0 Å². The van der Waals surface area contributed by atoms with Crippen LogP contribution in [-0.4, -0.2) is 18.3 Å². The van der Waals surface area contributed by atoms with Gasteiger partial charge in [-0.1, -0.05) is 11.6 Å². The molecular weight excluding hydrogens is 218 g/mol. The molecule has 2 N–H and O–H groups in total. The zero-order valence-electron chi connectivity index (χ0n) is 7.92. The summed E-state index contributed by atoms with van der Waals surface area (Å²) in [5, 5.41) is 12.5. The van der Waals surface area contributed by atoms with E-state index in [2.05, 4.69) is 5.32 Å². The fourth-order valence-corrected chi connectivity index (χ4v) is 2.52. The van der Waals surface area contributed by atoms with Crippen molar-refractivity contribution in [3.05, 3.63) is 21.3 Å². The van der Waals surface area contributed by atoms with Crippen LogP contribution in [0.4, 0.5) is 0 Å². The molecular formula is C10H14ClNOS. The van der Waals surface area contributed by atoms with Gasteiger partial charge in [0.2, 0.25) is 0 Å². The van der Waals surface area contributed by atoms with Gasteiger partial charge in [-0.15, -0.1) is 11.3 Å². The molecule has 0 aliphatic heterocycles. The minimum Gasteiger partial charge on any atom is -0.396 e. The van der Waals surface area contributed by atoms with Crippen LogP contribution in [0.15, 0.2) is 12.1 Å². The van der Waals surface area contributed by atoms with Crippen molar-refractivity contribution in [2.24, 2.45) is 5.41 Å². The van der Waals surface area contributed by atoms with Crippen LogP contribution < -0.4 is 5.32 Å². The van der Waals surface area contributed by atoms with Gasteiger partial charge in [0.05, 0.1) is 4.34 Å². The molecule has 1 aromatic heterocycles. The first-order valence-electron chi connectivity index (χ1n) is 4.80. The maximum absolute atomic E-state index is 9.10. The summed E-state index contributed by atoms with van der Waals surface area (Å²) in [6.45, 7) is 2.09. The van der Waals surface area contributed by atoms with Crippen molar-refractivity contribution >= 4 is 22.9 Å². The van der Waals surface area contributed by atoms with E-state index in [9.17, 15) is 0 Å². The molecule has 0 bridgehead atoms. The third-order valence-corrected chi connectivity index (χ3v) is 3.95. The average molecular weight is 232 g/mol. The lowest BCUT2D eigenvalue weighted by Gasteiger charge is -2.11. The smallest absolute Gasteiger partial charge is 0.0931 e. The monoisotopic (exact) mass is 231 g/mol. The highest BCUT2D eigenvalue weighted by Crippen LogP contribution is 2.44. The normalized spacial score (nSPS) is 18.4. The van der Waals surface area contributed by atoms with Gasteiger partial charge in [-0.05, 0) is 25.0 Å². The minimum atomic E-state index is 0.195. The molecule has 78 valence electrons. The summed E-state index contributed by atoms with van der Waals surface area (Å²) in [5.41, 5.74) is 0.195. The summed E-state index contributed by atoms with van der Waals surface area (Å²) < 4.78 is 0.838. The molecule has 1 heterocycles. The number of hydrogen-bond acceptors (Lipinski definition) is 3. The lowest BCUT2D eigenvalue weighted by Crippen LogP contribution is -2.25. The maximum atomic E-state index is 9.10. The van der Waals surface area contributed by atoms with E-state index in [-0.39, 0.29) is 5.41 Å². The Morgan fingerprint density at radius 1 is 1.50 bits per heavy atom. The largest absolute Gasteiger partial charge is 0.396 e. The molecule has 14 heavy (non-hydrogen) atoms. The van der Waals surface area contributed by atoms with Gasteiger partial charge in [-0.2, -0.15) is 0 Å². The second-order valence-electron chi connectivity index (χ2n) is 3.97. The predicted octanol–water partition coefficient (Wildman–Crippen LogP) is 2.26. The number of aliphatic hydroxyl groups excluding tert-OH is 1. The van der Waals surface area contributed by atoms with E-state index in [4.69, 9.17) is 16.7 Å². The highest BCUT2D eigenvalue weighted by atomic mass is 35.5. The number of thiophene rings is 1. The van der Waals surface area contributed by atoms with Crippen molar-refractivity contribution in [1.82, 2.24) is 5.32 Å². The van der Waals surface area contributed by atoms with Crippen molar-refractivity contribution in [2.45, 2.75) is 19.4 Å². The van der Waals surface area contributed by atoms with E-state index in [1.807, 2.05) is 12.1 Å². The Balaban J connectivity index is 1.73. The van der Waals surface area contributed by atoms with Gasteiger partial charge >= 0.3 is 0 Å². The van der Waals surface area contributed by atoms with Gasteiger partial charge in [-0.3, -0.25) is 0 Å². The second-order valence-corrected chi connectivity index (χ2v) is 5.77. The van der Waals surface area contributed by atoms with E-state index in [1.165, 1.54) is 4.88 Å². The topological polar surface area (TPSA) is 32.3 Å². The molecule has 1 aliphatic carbocycles. The van der Waals surface area contributed by atoms with Crippen LogP contribution in [0.3, 0.4) is 0 Å². The zero-order valence-corrected chi connectivity index (χ0v) is 9.50. The standard InChI is InChI=1S/C10H14ClNOS/c11-9-2-1-8(14-9)5-12-6-10(7-13)3-4-10/h1-2,12-13H,3-7H2. The van der Waals surface area contributed by atoms with Crippen molar-refractivity contribution in [1.29, 1.82) is 0 Å². The molecule has 4 heteroatoms. The third kappa shape index (κ3) is 2.48. The molecule has 1 saturated carbocycles. The number of aliphatic hydroxyl groups is 1. The molecule has 0 spiro atoms. The molecule has 1 fully saturated rings. The fourth-order valence-electron chi connectivity index (χ4n) is 1.47. The molecule has 2 rings (SSSR count). The van der Waals surface area contributed by atoms with Gasteiger partial charge in [0.1, 0.15) is 0 Å². The Morgan fingerprint density at radius 2 is 2.29 bits per heavy atom. The first-order valence-corrected chi connectivity index (χ1v) is 5.99. The molecule has 1 aliphatic rings. The highest BCUT2D eigenvalue weighted by Gasteiger charge is 2.41. The predicted molar refractivity (Wildman–Crippen MR) is 59.8 cm³/mol. The average Bonchev–Trinajstić information content (AvgIpc) is 2.84. The molecule has 0 aromatic carbocycles. The summed E-state index contributed by atoms with van der Waals surface area (Å²) >= 11 is 7.43. The summed E-state index contributed by atoms with van der Waals surface area (Å²) in [5.74, 6) is 0. The lowest BCUT2D eigenvalue weighted by atomic mass is 10.1. The zero-order chi connectivity index (χ0) is 10.0. The van der Waals surface area contributed by atoms with E-state index < -0.39 is 0 Å². The lowest BCUT2D eigenvalue weighted by molar-refractivity contribution is 0.207. The van der Waals surface area contributed by atoms with Crippen LogP contribution in [0.1, 0.15) is 17.7 Å². The van der Waals surface area contributed by atoms with Crippen molar-refractivity contribution in [2.75, 3.05) is 13.2 Å². The SMILES string of the molecule is OCC1(CNCc2ccc(Cl)s2)CC1. The molecule has 0 atom stereocenters. The highest BCUT2D eigenvalue weighted by molar-refractivity contribution is 7.16. The van der Waals surface area contributed by atoms with Gasteiger partial charge < -0.3 is 10.4 Å². The van der Waals surface area contributed by atoms with Crippen LogP contribution in [0.25, 0.3) is 0 Å². The molecule has 0 unspecified atom stereocenters. The van der Waals surface area contributed by atoms with Crippen LogP contribution in [0, 0.1) is 5.41 Å². The number of hydrogen-bond donors (Lipinski definition) is 2. The summed E-state index contributed by atoms with van der Waals surface area (Å²) in [7, 11) is 0. The number of nitrogens with one attached hydrogen (secondary N) is 1. The Morgan fingerprint density at radius 3 is 2.79 bits per heavy atom. The van der Waals surface area contributed by atoms with E-state index in [0.717, 1.165) is 30.3 Å². The molecule has 1 aromatic rings. The summed E-state index contributed by atoms with van der Waals surface area (Å²) in [6.07, 6.45) is 2.31. The second kappa shape index (κ2) is 4.19. The van der Waals surface area contributed by atoms with Crippen LogP contribution >= 0.6 is 22.9 Å². The van der Waals surface area contributed by atoms with Gasteiger partial charge in [-0.25, -0.2) is 0 Å². The Hall–Kier alpha value is -0.0900. The molecule has 2 nitrogen and oxygen atoms in total. The minimum absolute atomic E-state index is 0.195. The first-order chi connectivity index (χ1) is 6.74. The van der Waals surface area contributed by atoms with E-state index >= 15 is 0 Å². The van der Waals surface area contributed by atoms with Crippen LogP contribution in [0.2, 0.25) is 4.34 Å². The maximum Gasteiger partial charge on any atom is 0.0931 e. The van der Waals surface area contributed by atoms with Crippen molar-refractivity contribution < 1.29 is 5.11 Å². The van der Waals surface area contributed by atoms with Crippen LogP contribution in [-0.2, 0) is 6.54 Å². The quantitative estimate of drug-likeness (QED) is 0.815. The van der Waals surface area contributed by atoms with E-state index in [1.54, 1.807) is 11.3 Å². The van der Waals surface area contributed by atoms with E-state index in [0.29, 0.717) is 6.61 Å².